The molecule has 18 heavy (non-hydrogen) atoms. The molecule has 2 aliphatic rings. The molecule has 0 bridgehead atoms. The van der Waals surface area contributed by atoms with Crippen LogP contribution in [-0.2, 0) is 21.6 Å². The van der Waals surface area contributed by atoms with Crippen LogP contribution in [0.5, 0.6) is 0 Å². The van der Waals surface area contributed by atoms with Gasteiger partial charge in [-0.25, -0.2) is 0 Å². The Labute approximate surface area is 106 Å². The van der Waals surface area contributed by atoms with Crippen LogP contribution in [0.4, 0.5) is 0 Å². The van der Waals surface area contributed by atoms with E-state index in [9.17, 15) is 4.79 Å². The fourth-order valence-electron chi connectivity index (χ4n) is 3.62. The fraction of sp³-hybridized carbons (Fsp3) is 0.312. The highest BCUT2D eigenvalue weighted by atomic mass is 16.6. The number of carbonyl (C=O) groups is 1. The molecule has 0 amide bonds. The van der Waals surface area contributed by atoms with Gasteiger partial charge in [0.25, 0.3) is 0 Å². The Bertz CT molecular complexity index is 674. The summed E-state index contributed by atoms with van der Waals surface area (Å²) in [6.45, 7) is 2.07. The fourth-order valence-corrected chi connectivity index (χ4v) is 3.62. The van der Waals surface area contributed by atoms with Crippen molar-refractivity contribution in [2.45, 2.75) is 25.4 Å². The lowest BCUT2D eigenvalue weighted by Crippen LogP contribution is -2.24. The Balaban J connectivity index is 2.06. The lowest BCUT2D eigenvalue weighted by Gasteiger charge is -2.25. The molecule has 1 fully saturated rings. The number of fused-ring (bicyclic) bond motifs is 5. The van der Waals surface area contributed by atoms with Crippen molar-refractivity contribution in [3.05, 3.63) is 47.5 Å². The summed E-state index contributed by atoms with van der Waals surface area (Å²) in [6, 6.07) is 12.7. The van der Waals surface area contributed by atoms with E-state index in [4.69, 9.17) is 4.74 Å². The average molecular weight is 238 g/mol. The second-order valence-corrected chi connectivity index (χ2v) is 5.51. The van der Waals surface area contributed by atoms with Crippen LogP contribution in [0.25, 0.3) is 10.8 Å². The third kappa shape index (κ3) is 1.10. The Hall–Kier alpha value is -1.83. The number of hydrogen-bond donors (Lipinski definition) is 0. The zero-order valence-corrected chi connectivity index (χ0v) is 10.3. The van der Waals surface area contributed by atoms with E-state index in [0.717, 1.165) is 6.42 Å². The molecule has 1 aliphatic carbocycles. The normalized spacial score (nSPS) is 29.2. The van der Waals surface area contributed by atoms with Gasteiger partial charge in [0.15, 0.2) is 0 Å². The molecule has 0 aromatic heterocycles. The standard InChI is InChI=1S/C16H14O2/c1-16-12(9-14(17)18-16)8-11-7-6-10-4-2-3-5-13(10)15(11)16/h2-7,12H,8-9H2,1H3/t12-,16+/m1/s1. The maximum absolute atomic E-state index is 11.6. The van der Waals surface area contributed by atoms with Crippen molar-refractivity contribution in [1.29, 1.82) is 0 Å². The van der Waals surface area contributed by atoms with Gasteiger partial charge in [-0.15, -0.1) is 0 Å². The molecule has 90 valence electrons. The highest BCUT2D eigenvalue weighted by molar-refractivity contribution is 5.89. The second kappa shape index (κ2) is 3.14. The quantitative estimate of drug-likeness (QED) is 0.659. The summed E-state index contributed by atoms with van der Waals surface area (Å²) in [5, 5.41) is 2.45. The highest BCUT2D eigenvalue weighted by Crippen LogP contribution is 2.52. The second-order valence-electron chi connectivity index (χ2n) is 5.51. The van der Waals surface area contributed by atoms with Crippen molar-refractivity contribution in [2.24, 2.45) is 5.92 Å². The summed E-state index contributed by atoms with van der Waals surface area (Å²) in [5.74, 6) is 0.256. The summed E-state index contributed by atoms with van der Waals surface area (Å²) < 4.78 is 5.67. The minimum atomic E-state index is -0.409. The summed E-state index contributed by atoms with van der Waals surface area (Å²) >= 11 is 0. The Morgan fingerprint density at radius 1 is 1.17 bits per heavy atom. The van der Waals surface area contributed by atoms with E-state index in [-0.39, 0.29) is 5.97 Å². The van der Waals surface area contributed by atoms with Crippen LogP contribution in [-0.4, -0.2) is 5.97 Å². The van der Waals surface area contributed by atoms with E-state index < -0.39 is 5.60 Å². The maximum atomic E-state index is 11.6. The van der Waals surface area contributed by atoms with Crippen LogP contribution in [0.3, 0.4) is 0 Å². The third-order valence-corrected chi connectivity index (χ3v) is 4.50. The first kappa shape index (κ1) is 10.1. The molecular formula is C16H14O2. The summed E-state index contributed by atoms with van der Waals surface area (Å²) in [6.07, 6.45) is 1.52. The van der Waals surface area contributed by atoms with Crippen LogP contribution >= 0.6 is 0 Å². The number of carbonyl (C=O) groups excluding carboxylic acids is 1. The molecule has 0 spiro atoms. The minimum absolute atomic E-state index is 0.0546. The molecule has 0 radical (unpaired) electrons. The van der Waals surface area contributed by atoms with Crippen LogP contribution in [0.2, 0.25) is 0 Å². The molecule has 2 heteroatoms. The molecule has 0 N–H and O–H groups in total. The topological polar surface area (TPSA) is 26.3 Å². The Kier molecular flexibility index (Phi) is 1.76. The van der Waals surface area contributed by atoms with Crippen molar-refractivity contribution in [3.8, 4) is 0 Å². The van der Waals surface area contributed by atoms with E-state index >= 15 is 0 Å². The number of esters is 1. The predicted molar refractivity (Wildman–Crippen MR) is 69.2 cm³/mol. The highest BCUT2D eigenvalue weighted by Gasteiger charge is 2.52. The molecule has 1 aliphatic heterocycles. The first-order chi connectivity index (χ1) is 8.68. The van der Waals surface area contributed by atoms with Gasteiger partial charge in [0.2, 0.25) is 0 Å². The van der Waals surface area contributed by atoms with Crippen molar-refractivity contribution in [3.63, 3.8) is 0 Å². The Morgan fingerprint density at radius 3 is 2.89 bits per heavy atom. The van der Waals surface area contributed by atoms with Gasteiger partial charge in [-0.2, -0.15) is 0 Å². The number of benzene rings is 2. The van der Waals surface area contributed by atoms with Gasteiger partial charge in [0.1, 0.15) is 5.60 Å². The van der Waals surface area contributed by atoms with Crippen molar-refractivity contribution >= 4 is 16.7 Å². The minimum Gasteiger partial charge on any atom is -0.454 e. The monoisotopic (exact) mass is 238 g/mol. The molecular weight excluding hydrogens is 224 g/mol. The van der Waals surface area contributed by atoms with Crippen LogP contribution in [0.1, 0.15) is 24.5 Å². The summed E-state index contributed by atoms with van der Waals surface area (Å²) in [5.41, 5.74) is 2.16. The van der Waals surface area contributed by atoms with Gasteiger partial charge in [-0.1, -0.05) is 36.4 Å². The van der Waals surface area contributed by atoms with Gasteiger partial charge in [-0.05, 0) is 29.7 Å². The average Bonchev–Trinajstić information content (AvgIpc) is 2.77. The third-order valence-electron chi connectivity index (χ3n) is 4.50. The molecule has 0 saturated carbocycles. The molecule has 2 aromatic carbocycles. The van der Waals surface area contributed by atoms with Crippen molar-refractivity contribution < 1.29 is 9.53 Å². The predicted octanol–water partition coefficient (Wildman–Crippen LogP) is 3.17. The lowest BCUT2D eigenvalue weighted by molar-refractivity contribution is -0.148. The van der Waals surface area contributed by atoms with E-state index in [2.05, 4.69) is 37.3 Å². The van der Waals surface area contributed by atoms with Crippen molar-refractivity contribution in [2.75, 3.05) is 0 Å². The first-order valence-corrected chi connectivity index (χ1v) is 6.41. The van der Waals surface area contributed by atoms with Gasteiger partial charge in [0, 0.05) is 11.5 Å². The van der Waals surface area contributed by atoms with Crippen LogP contribution < -0.4 is 0 Å². The molecule has 1 saturated heterocycles. The van der Waals surface area contributed by atoms with Crippen molar-refractivity contribution in [1.82, 2.24) is 0 Å². The SMILES string of the molecule is C[C@]12OC(=O)C[C@H]1Cc1ccc3ccccc3c12. The molecule has 2 aromatic rings. The Morgan fingerprint density at radius 2 is 2.00 bits per heavy atom. The summed E-state index contributed by atoms with van der Waals surface area (Å²) in [7, 11) is 0. The molecule has 1 heterocycles. The molecule has 2 atom stereocenters. The number of hydrogen-bond acceptors (Lipinski definition) is 2. The first-order valence-electron chi connectivity index (χ1n) is 6.41. The molecule has 2 nitrogen and oxygen atoms in total. The number of ether oxygens (including phenoxy) is 1. The smallest absolute Gasteiger partial charge is 0.307 e. The largest absolute Gasteiger partial charge is 0.454 e. The van der Waals surface area contributed by atoms with Gasteiger partial charge in [0.05, 0.1) is 6.42 Å². The van der Waals surface area contributed by atoms with Gasteiger partial charge >= 0.3 is 5.97 Å². The number of rotatable bonds is 0. The lowest BCUT2D eigenvalue weighted by atomic mass is 9.87. The van der Waals surface area contributed by atoms with Crippen LogP contribution in [0.15, 0.2) is 36.4 Å². The van der Waals surface area contributed by atoms with E-state index in [1.807, 2.05) is 6.07 Å². The molecule has 4 rings (SSSR count). The zero-order chi connectivity index (χ0) is 12.3. The molecule has 0 unspecified atom stereocenters. The van der Waals surface area contributed by atoms with E-state index in [1.165, 1.54) is 21.9 Å². The van der Waals surface area contributed by atoms with Crippen LogP contribution in [0, 0.1) is 5.92 Å². The van der Waals surface area contributed by atoms with Gasteiger partial charge < -0.3 is 4.74 Å². The summed E-state index contributed by atoms with van der Waals surface area (Å²) in [4.78, 5) is 11.6. The zero-order valence-electron chi connectivity index (χ0n) is 10.3. The van der Waals surface area contributed by atoms with E-state index in [1.54, 1.807) is 0 Å². The van der Waals surface area contributed by atoms with Gasteiger partial charge in [-0.3, -0.25) is 4.79 Å². The van der Waals surface area contributed by atoms with E-state index in [0.29, 0.717) is 12.3 Å². The maximum Gasteiger partial charge on any atom is 0.307 e.